The molecule has 0 amide bonds. The highest BCUT2D eigenvalue weighted by molar-refractivity contribution is 14.1. The van der Waals surface area contributed by atoms with Gasteiger partial charge < -0.3 is 9.15 Å². The van der Waals surface area contributed by atoms with Gasteiger partial charge in [-0.3, -0.25) is 4.79 Å². The summed E-state index contributed by atoms with van der Waals surface area (Å²) in [5.41, 5.74) is 2.98. The summed E-state index contributed by atoms with van der Waals surface area (Å²) in [5.74, 6) is 1.18. The Morgan fingerprint density at radius 2 is 1.83 bits per heavy atom. The second kappa shape index (κ2) is 6.24. The average Bonchev–Trinajstić information content (AvgIpc) is 2.59. The zero-order valence-corrected chi connectivity index (χ0v) is 14.7. The first-order valence-corrected chi connectivity index (χ1v) is 8.47. The van der Waals surface area contributed by atoms with E-state index in [2.05, 4.69) is 27.6 Å². The second-order valence-electron chi connectivity index (χ2n) is 5.39. The van der Waals surface area contributed by atoms with E-state index in [0.29, 0.717) is 29.4 Å². The summed E-state index contributed by atoms with van der Waals surface area (Å²) in [6.45, 7) is 0.480. The molecule has 0 fully saturated rings. The van der Waals surface area contributed by atoms with Crippen molar-refractivity contribution in [2.45, 2.75) is 6.61 Å². The van der Waals surface area contributed by atoms with Crippen LogP contribution in [-0.2, 0) is 6.61 Å². The molecule has 118 valence electrons. The standard InChI is InChI=1S/C19H12INO3/c20-13-3-1-12(2-4-13)11-23-15-6-8-17-19(10-15)24-18-9-14(22)5-7-16(18)21-17/h1-10H,11H2. The van der Waals surface area contributed by atoms with Crippen LogP contribution in [0.25, 0.3) is 22.6 Å². The van der Waals surface area contributed by atoms with Gasteiger partial charge in [0.25, 0.3) is 0 Å². The van der Waals surface area contributed by atoms with Crippen molar-refractivity contribution in [3.63, 3.8) is 0 Å². The van der Waals surface area contributed by atoms with Crippen molar-refractivity contribution in [1.29, 1.82) is 0 Å². The van der Waals surface area contributed by atoms with Gasteiger partial charge in [0.2, 0.25) is 0 Å². The Bertz CT molecular complexity index is 1040. The monoisotopic (exact) mass is 429 g/mol. The lowest BCUT2D eigenvalue weighted by molar-refractivity contribution is 0.306. The van der Waals surface area contributed by atoms with Crippen molar-refractivity contribution in [1.82, 2.24) is 4.98 Å². The number of fused-ring (bicyclic) bond motifs is 2. The molecule has 2 aromatic rings. The van der Waals surface area contributed by atoms with Gasteiger partial charge in [-0.1, -0.05) is 12.1 Å². The predicted molar refractivity (Wildman–Crippen MR) is 100 cm³/mol. The number of hydrogen-bond acceptors (Lipinski definition) is 4. The van der Waals surface area contributed by atoms with E-state index in [1.54, 1.807) is 12.1 Å². The minimum absolute atomic E-state index is 0.0986. The molecule has 5 heteroatoms. The molecule has 0 N–H and O–H groups in total. The van der Waals surface area contributed by atoms with E-state index in [1.165, 1.54) is 15.7 Å². The molecular weight excluding hydrogens is 417 g/mol. The van der Waals surface area contributed by atoms with Crippen LogP contribution in [0.1, 0.15) is 5.56 Å². The molecule has 0 aromatic heterocycles. The number of benzene rings is 3. The van der Waals surface area contributed by atoms with Crippen LogP contribution in [0.15, 0.2) is 69.9 Å². The zero-order chi connectivity index (χ0) is 16.5. The minimum atomic E-state index is -0.0986. The Hall–Kier alpha value is -2.41. The highest BCUT2D eigenvalue weighted by Crippen LogP contribution is 2.26. The molecule has 0 radical (unpaired) electrons. The number of hydrogen-bond donors (Lipinski definition) is 0. The maximum atomic E-state index is 11.5. The Labute approximate surface area is 151 Å². The fourth-order valence-corrected chi connectivity index (χ4v) is 2.78. The van der Waals surface area contributed by atoms with Crippen molar-refractivity contribution in [3.8, 4) is 17.2 Å². The molecule has 0 atom stereocenters. The Morgan fingerprint density at radius 1 is 1.00 bits per heavy atom. The van der Waals surface area contributed by atoms with Crippen LogP contribution in [0.3, 0.4) is 0 Å². The molecule has 0 saturated heterocycles. The van der Waals surface area contributed by atoms with Crippen LogP contribution in [-0.4, -0.2) is 4.98 Å². The third-order valence-electron chi connectivity index (χ3n) is 3.64. The van der Waals surface area contributed by atoms with Crippen LogP contribution in [0.5, 0.6) is 5.75 Å². The first-order valence-electron chi connectivity index (χ1n) is 7.39. The number of nitrogens with zero attached hydrogens (tertiary/aromatic N) is 1. The number of rotatable bonds is 3. The van der Waals surface area contributed by atoms with Gasteiger partial charge in [-0.15, -0.1) is 0 Å². The van der Waals surface area contributed by atoms with Crippen molar-refractivity contribution in [2.24, 2.45) is 0 Å². The van der Waals surface area contributed by atoms with Crippen LogP contribution in [0.2, 0.25) is 0 Å². The molecule has 0 bridgehead atoms. The van der Waals surface area contributed by atoms with Crippen LogP contribution in [0, 0.1) is 3.57 Å². The van der Waals surface area contributed by atoms with E-state index < -0.39 is 0 Å². The van der Waals surface area contributed by atoms with Crippen molar-refractivity contribution in [3.05, 3.63) is 80.0 Å². The van der Waals surface area contributed by atoms with Gasteiger partial charge in [-0.2, -0.15) is 0 Å². The van der Waals surface area contributed by atoms with E-state index in [-0.39, 0.29) is 5.43 Å². The summed E-state index contributed by atoms with van der Waals surface area (Å²) in [6, 6.07) is 18.3. The lowest BCUT2D eigenvalue weighted by atomic mass is 10.2. The van der Waals surface area contributed by atoms with Gasteiger partial charge in [-0.05, 0) is 64.6 Å². The van der Waals surface area contributed by atoms with Gasteiger partial charge >= 0.3 is 0 Å². The quantitative estimate of drug-likeness (QED) is 0.356. The fraction of sp³-hybridized carbons (Fsp3) is 0.0526. The van der Waals surface area contributed by atoms with Crippen LogP contribution < -0.4 is 10.2 Å². The smallest absolute Gasteiger partial charge is 0.182 e. The minimum Gasteiger partial charge on any atom is -0.489 e. The first kappa shape index (κ1) is 15.1. The van der Waals surface area contributed by atoms with Gasteiger partial charge in [0.05, 0.1) is 0 Å². The molecule has 0 saturated carbocycles. The topological polar surface area (TPSA) is 52.3 Å². The number of halogens is 1. The Balaban J connectivity index is 1.64. The number of ether oxygens (including phenoxy) is 1. The molecule has 0 spiro atoms. The van der Waals surface area contributed by atoms with E-state index in [0.717, 1.165) is 11.1 Å². The summed E-state index contributed by atoms with van der Waals surface area (Å²) in [7, 11) is 0. The molecule has 24 heavy (non-hydrogen) atoms. The van der Waals surface area contributed by atoms with Gasteiger partial charge in [0.1, 0.15) is 23.6 Å². The van der Waals surface area contributed by atoms with Crippen LogP contribution in [0.4, 0.5) is 0 Å². The Morgan fingerprint density at radius 3 is 2.67 bits per heavy atom. The van der Waals surface area contributed by atoms with E-state index in [4.69, 9.17) is 9.15 Å². The molecular formula is C19H12INO3. The summed E-state index contributed by atoms with van der Waals surface area (Å²) in [6.07, 6.45) is 0. The summed E-state index contributed by atoms with van der Waals surface area (Å²) in [5, 5.41) is 0. The second-order valence-corrected chi connectivity index (χ2v) is 6.63. The van der Waals surface area contributed by atoms with Crippen molar-refractivity contribution in [2.75, 3.05) is 0 Å². The predicted octanol–water partition coefficient (Wildman–Crippen LogP) is 4.48. The third-order valence-corrected chi connectivity index (χ3v) is 4.36. The largest absolute Gasteiger partial charge is 0.489 e. The molecule has 0 unspecified atom stereocenters. The Kier molecular flexibility index (Phi) is 3.93. The van der Waals surface area contributed by atoms with E-state index >= 15 is 0 Å². The summed E-state index contributed by atoms with van der Waals surface area (Å²) >= 11 is 2.27. The van der Waals surface area contributed by atoms with E-state index in [1.807, 2.05) is 36.4 Å². The molecule has 1 aliphatic heterocycles. The molecule has 4 rings (SSSR count). The average molecular weight is 429 g/mol. The highest BCUT2D eigenvalue weighted by atomic mass is 127. The summed E-state index contributed by atoms with van der Waals surface area (Å²) in [4.78, 5) is 16.0. The molecule has 1 heterocycles. The highest BCUT2D eigenvalue weighted by Gasteiger charge is 2.10. The van der Waals surface area contributed by atoms with Crippen molar-refractivity contribution >= 4 is 33.7 Å². The third kappa shape index (κ3) is 3.12. The molecule has 1 aliphatic carbocycles. The molecule has 2 aromatic carbocycles. The van der Waals surface area contributed by atoms with Gasteiger partial charge in [0, 0.05) is 15.7 Å². The lowest BCUT2D eigenvalue weighted by Crippen LogP contribution is -1.99. The van der Waals surface area contributed by atoms with Crippen LogP contribution >= 0.6 is 22.6 Å². The zero-order valence-electron chi connectivity index (χ0n) is 12.5. The normalized spacial score (nSPS) is 11.0. The number of aromatic nitrogens is 1. The SMILES string of the molecule is O=c1ccc2nc3ccc(OCc4ccc(I)cc4)cc3oc-2c1. The van der Waals surface area contributed by atoms with Crippen molar-refractivity contribution < 1.29 is 9.15 Å². The van der Waals surface area contributed by atoms with Gasteiger partial charge in [-0.25, -0.2) is 4.98 Å². The lowest BCUT2D eigenvalue weighted by Gasteiger charge is -2.09. The maximum Gasteiger partial charge on any atom is 0.182 e. The van der Waals surface area contributed by atoms with Gasteiger partial charge in [0.15, 0.2) is 16.8 Å². The first-order chi connectivity index (χ1) is 11.7. The maximum absolute atomic E-state index is 11.5. The fourth-order valence-electron chi connectivity index (χ4n) is 2.42. The van der Waals surface area contributed by atoms with E-state index in [9.17, 15) is 4.79 Å². The molecule has 4 nitrogen and oxygen atoms in total. The molecule has 2 aliphatic rings. The summed E-state index contributed by atoms with van der Waals surface area (Å²) < 4.78 is 12.8.